The molecule has 2 aromatic carbocycles. The lowest BCUT2D eigenvalue weighted by Gasteiger charge is -2.10. The number of H-pyrrole nitrogens is 1. The fourth-order valence-electron chi connectivity index (χ4n) is 3.23. The van der Waals surface area contributed by atoms with E-state index in [1.165, 1.54) is 0 Å². The first-order valence-corrected chi connectivity index (χ1v) is 10.3. The van der Waals surface area contributed by atoms with Crippen LogP contribution in [0.2, 0.25) is 0 Å². The predicted octanol–water partition coefficient (Wildman–Crippen LogP) is 3.21. The molecule has 0 aliphatic rings. The quantitative estimate of drug-likeness (QED) is 0.405. The Morgan fingerprint density at radius 2 is 1.88 bits per heavy atom. The molecule has 0 saturated heterocycles. The molecule has 2 aromatic heterocycles. The van der Waals surface area contributed by atoms with Crippen LogP contribution in [-0.2, 0) is 11.3 Å². The van der Waals surface area contributed by atoms with Crippen molar-refractivity contribution in [2.75, 3.05) is 6.61 Å². The van der Waals surface area contributed by atoms with Gasteiger partial charge in [-0.15, -0.1) is 0 Å². The van der Waals surface area contributed by atoms with Crippen LogP contribution in [0.1, 0.15) is 11.1 Å². The largest absolute Gasteiger partial charge is 0.508 e. The second-order valence-electron chi connectivity index (χ2n) is 7.44. The van der Waals surface area contributed by atoms with Gasteiger partial charge in [-0.05, 0) is 66.6 Å². The minimum atomic E-state index is -0.491. The van der Waals surface area contributed by atoms with E-state index in [1.807, 2.05) is 18.2 Å². The normalized spacial score (nSPS) is 10.6. The van der Waals surface area contributed by atoms with E-state index < -0.39 is 5.69 Å². The van der Waals surface area contributed by atoms with Crippen molar-refractivity contribution in [2.24, 2.45) is 0 Å². The Morgan fingerprint density at radius 1 is 1.06 bits per heavy atom. The monoisotopic (exact) mass is 442 g/mol. The van der Waals surface area contributed by atoms with E-state index in [1.54, 1.807) is 61.8 Å². The van der Waals surface area contributed by atoms with Crippen LogP contribution in [-0.4, -0.2) is 32.6 Å². The van der Waals surface area contributed by atoms with E-state index in [2.05, 4.69) is 20.3 Å². The summed E-state index contributed by atoms with van der Waals surface area (Å²) in [5, 5.41) is 12.5. The summed E-state index contributed by atoms with van der Waals surface area (Å²) in [7, 11) is 0. The summed E-state index contributed by atoms with van der Waals surface area (Å²) < 4.78 is 5.63. The zero-order chi connectivity index (χ0) is 23.2. The highest BCUT2D eigenvalue weighted by atomic mass is 16.5. The smallest absolute Gasteiger partial charge is 0.345 e. The van der Waals surface area contributed by atoms with Crippen LogP contribution >= 0.6 is 0 Å². The summed E-state index contributed by atoms with van der Waals surface area (Å²) in [4.78, 5) is 35.0. The number of aromatic nitrogens is 3. The molecule has 8 nitrogen and oxygen atoms in total. The Bertz CT molecular complexity index is 1340. The van der Waals surface area contributed by atoms with E-state index in [0.29, 0.717) is 34.8 Å². The summed E-state index contributed by atoms with van der Waals surface area (Å²) >= 11 is 0. The number of pyridine rings is 1. The molecule has 0 aliphatic heterocycles. The lowest BCUT2D eigenvalue weighted by Crippen LogP contribution is -2.28. The molecule has 3 N–H and O–H groups in total. The molecule has 0 unspecified atom stereocenters. The first kappa shape index (κ1) is 21.8. The number of amides is 1. The van der Waals surface area contributed by atoms with Gasteiger partial charge >= 0.3 is 5.69 Å². The third-order valence-electron chi connectivity index (χ3n) is 4.99. The van der Waals surface area contributed by atoms with Crippen LogP contribution in [0.25, 0.3) is 22.5 Å². The average molecular weight is 442 g/mol. The molecule has 166 valence electrons. The van der Waals surface area contributed by atoms with Crippen molar-refractivity contribution in [3.63, 3.8) is 0 Å². The number of benzene rings is 2. The molecule has 33 heavy (non-hydrogen) atoms. The molecule has 0 bridgehead atoms. The zero-order valence-corrected chi connectivity index (χ0v) is 17.9. The summed E-state index contributed by atoms with van der Waals surface area (Å²) in [6.07, 6.45) is 3.34. The van der Waals surface area contributed by atoms with Crippen molar-refractivity contribution >= 4 is 5.91 Å². The molecular weight excluding hydrogens is 420 g/mol. The fourth-order valence-corrected chi connectivity index (χ4v) is 3.23. The second-order valence-corrected chi connectivity index (χ2v) is 7.44. The van der Waals surface area contributed by atoms with Crippen LogP contribution in [0.4, 0.5) is 0 Å². The van der Waals surface area contributed by atoms with Crippen LogP contribution in [0, 0.1) is 6.92 Å². The number of hydrogen-bond acceptors (Lipinski definition) is 6. The van der Waals surface area contributed by atoms with Gasteiger partial charge in [-0.1, -0.05) is 12.1 Å². The van der Waals surface area contributed by atoms with Gasteiger partial charge in [0.25, 0.3) is 5.91 Å². The maximum atomic E-state index is 12.2. The number of nitrogens with one attached hydrogen (secondary N) is 2. The molecule has 4 aromatic rings. The van der Waals surface area contributed by atoms with E-state index >= 15 is 0 Å². The molecule has 2 heterocycles. The molecule has 8 heteroatoms. The number of phenolic OH excluding ortho intramolecular Hbond substituents is 1. The van der Waals surface area contributed by atoms with Crippen molar-refractivity contribution in [3.05, 3.63) is 94.7 Å². The zero-order valence-electron chi connectivity index (χ0n) is 17.9. The van der Waals surface area contributed by atoms with Gasteiger partial charge in [-0.3, -0.25) is 9.78 Å². The molecule has 0 spiro atoms. The van der Waals surface area contributed by atoms with Crippen molar-refractivity contribution in [1.82, 2.24) is 20.3 Å². The Kier molecular flexibility index (Phi) is 6.45. The van der Waals surface area contributed by atoms with Crippen molar-refractivity contribution in [1.29, 1.82) is 0 Å². The second kappa shape index (κ2) is 9.78. The van der Waals surface area contributed by atoms with Gasteiger partial charge in [0.1, 0.15) is 11.5 Å². The van der Waals surface area contributed by atoms with Crippen LogP contribution in [0.15, 0.2) is 77.9 Å². The number of aromatic amines is 1. The minimum absolute atomic E-state index is 0.139. The molecule has 0 aliphatic carbocycles. The summed E-state index contributed by atoms with van der Waals surface area (Å²) in [5.74, 6) is 0.421. The predicted molar refractivity (Wildman–Crippen MR) is 124 cm³/mol. The van der Waals surface area contributed by atoms with Gasteiger partial charge in [0.05, 0.1) is 11.4 Å². The first-order chi connectivity index (χ1) is 16.0. The summed E-state index contributed by atoms with van der Waals surface area (Å²) in [6, 6.07) is 17.5. The van der Waals surface area contributed by atoms with Crippen LogP contribution in [0.3, 0.4) is 0 Å². The number of aromatic hydroxyl groups is 1. The van der Waals surface area contributed by atoms with Gasteiger partial charge in [0, 0.05) is 30.1 Å². The third kappa shape index (κ3) is 5.62. The molecule has 4 rings (SSSR count). The SMILES string of the molecule is Cc1cc(-c2cc(-c3cccc(OCC(=O)NCc4ccncc4)c3)[nH]c(=O)n2)ccc1O. The summed E-state index contributed by atoms with van der Waals surface area (Å²) in [6.45, 7) is 2.03. The van der Waals surface area contributed by atoms with Gasteiger partial charge in [0.15, 0.2) is 6.61 Å². The van der Waals surface area contributed by atoms with Crippen LogP contribution in [0.5, 0.6) is 11.5 Å². The maximum absolute atomic E-state index is 12.2. The Balaban J connectivity index is 1.47. The number of rotatable bonds is 7. The van der Waals surface area contributed by atoms with E-state index in [-0.39, 0.29) is 18.3 Å². The number of nitrogens with zero attached hydrogens (tertiary/aromatic N) is 2. The molecule has 0 fully saturated rings. The number of carbonyl (C=O) groups is 1. The van der Waals surface area contributed by atoms with Crippen LogP contribution < -0.4 is 15.7 Å². The molecular formula is C25H22N4O4. The highest BCUT2D eigenvalue weighted by Gasteiger charge is 2.09. The van der Waals surface area contributed by atoms with Crippen molar-refractivity contribution < 1.29 is 14.6 Å². The Labute approximate surface area is 190 Å². The standard InChI is InChI=1S/C25H22N4O4/c1-16-11-19(5-6-23(16)30)22-13-21(28-25(32)29-22)18-3-2-4-20(12-18)33-15-24(31)27-14-17-7-9-26-10-8-17/h2-13,30H,14-15H2,1H3,(H,27,31)(H,28,29,32). The lowest BCUT2D eigenvalue weighted by molar-refractivity contribution is -0.123. The minimum Gasteiger partial charge on any atom is -0.508 e. The average Bonchev–Trinajstić information content (AvgIpc) is 2.83. The first-order valence-electron chi connectivity index (χ1n) is 10.3. The molecule has 0 saturated carbocycles. The topological polar surface area (TPSA) is 117 Å². The molecule has 0 atom stereocenters. The number of carbonyl (C=O) groups excluding carboxylic acids is 1. The number of phenols is 1. The Hall–Kier alpha value is -4.46. The number of hydrogen-bond donors (Lipinski definition) is 3. The third-order valence-corrected chi connectivity index (χ3v) is 4.99. The van der Waals surface area contributed by atoms with Gasteiger partial charge < -0.3 is 20.1 Å². The van der Waals surface area contributed by atoms with E-state index in [9.17, 15) is 14.7 Å². The van der Waals surface area contributed by atoms with E-state index in [0.717, 1.165) is 11.1 Å². The molecule has 1 amide bonds. The highest BCUT2D eigenvalue weighted by molar-refractivity contribution is 5.77. The lowest BCUT2D eigenvalue weighted by atomic mass is 10.1. The molecule has 0 radical (unpaired) electrons. The van der Waals surface area contributed by atoms with Crippen molar-refractivity contribution in [3.8, 4) is 34.0 Å². The van der Waals surface area contributed by atoms with Gasteiger partial charge in [0.2, 0.25) is 0 Å². The van der Waals surface area contributed by atoms with Crippen molar-refractivity contribution in [2.45, 2.75) is 13.5 Å². The maximum Gasteiger partial charge on any atom is 0.345 e. The summed E-state index contributed by atoms with van der Waals surface area (Å²) in [5.41, 5.74) is 3.62. The Morgan fingerprint density at radius 3 is 2.67 bits per heavy atom. The van der Waals surface area contributed by atoms with E-state index in [4.69, 9.17) is 4.74 Å². The van der Waals surface area contributed by atoms with Gasteiger partial charge in [-0.25, -0.2) is 4.79 Å². The number of aryl methyl sites for hydroxylation is 1. The highest BCUT2D eigenvalue weighted by Crippen LogP contribution is 2.27. The van der Waals surface area contributed by atoms with Gasteiger partial charge in [-0.2, -0.15) is 4.98 Å². The number of ether oxygens (including phenoxy) is 1. The fraction of sp³-hybridized carbons (Fsp3) is 0.120.